The zero-order chi connectivity index (χ0) is 12.1. The van der Waals surface area contributed by atoms with Crippen molar-refractivity contribution in [2.24, 2.45) is 5.92 Å². The summed E-state index contributed by atoms with van der Waals surface area (Å²) in [6.45, 7) is 0. The first-order chi connectivity index (χ1) is 8.31. The highest BCUT2D eigenvalue weighted by molar-refractivity contribution is 7.11. The third kappa shape index (κ3) is 3.04. The molecule has 90 valence electrons. The van der Waals surface area contributed by atoms with Crippen LogP contribution in [0.3, 0.4) is 0 Å². The molecule has 0 radical (unpaired) electrons. The van der Waals surface area contributed by atoms with Crippen LogP contribution < -0.4 is 5.32 Å². The van der Waals surface area contributed by atoms with Crippen molar-refractivity contribution in [1.29, 1.82) is 5.26 Å². The average molecular weight is 249 g/mol. The summed E-state index contributed by atoms with van der Waals surface area (Å²) in [6.07, 6.45) is 7.20. The van der Waals surface area contributed by atoms with Crippen LogP contribution in [0.15, 0.2) is 11.7 Å². The van der Waals surface area contributed by atoms with Crippen molar-refractivity contribution in [2.75, 3.05) is 0 Å². The van der Waals surface area contributed by atoms with Crippen LogP contribution in [0.2, 0.25) is 0 Å². The van der Waals surface area contributed by atoms with E-state index in [1.807, 2.05) is 0 Å². The van der Waals surface area contributed by atoms with E-state index in [0.717, 1.165) is 12.8 Å². The Labute approximate surface area is 105 Å². The second-order valence-corrected chi connectivity index (χ2v) is 5.23. The largest absolute Gasteiger partial charge is 0.335 e. The van der Waals surface area contributed by atoms with Crippen LogP contribution in [-0.2, 0) is 0 Å². The van der Waals surface area contributed by atoms with E-state index in [0.29, 0.717) is 10.8 Å². The average Bonchev–Trinajstić information content (AvgIpc) is 2.90. The van der Waals surface area contributed by atoms with Gasteiger partial charge in [0.15, 0.2) is 0 Å². The van der Waals surface area contributed by atoms with Crippen molar-refractivity contribution < 1.29 is 4.79 Å². The van der Waals surface area contributed by atoms with Gasteiger partial charge in [0.25, 0.3) is 5.91 Å². The first-order valence-corrected chi connectivity index (χ1v) is 6.78. The van der Waals surface area contributed by atoms with Crippen LogP contribution >= 0.6 is 11.3 Å². The topological polar surface area (TPSA) is 65.8 Å². The first-order valence-electron chi connectivity index (χ1n) is 5.90. The Morgan fingerprint density at radius 1 is 1.53 bits per heavy atom. The Bertz CT molecular complexity index is 404. The predicted molar refractivity (Wildman–Crippen MR) is 65.6 cm³/mol. The van der Waals surface area contributed by atoms with E-state index in [-0.39, 0.29) is 11.9 Å². The van der Waals surface area contributed by atoms with Crippen molar-refractivity contribution in [3.8, 4) is 6.07 Å². The van der Waals surface area contributed by atoms with Gasteiger partial charge in [-0.25, -0.2) is 0 Å². The Balaban J connectivity index is 1.95. The third-order valence-corrected chi connectivity index (χ3v) is 3.97. The summed E-state index contributed by atoms with van der Waals surface area (Å²) >= 11 is 1.30. The molecule has 0 bridgehead atoms. The molecule has 1 fully saturated rings. The van der Waals surface area contributed by atoms with Gasteiger partial charge in [-0.3, -0.25) is 9.78 Å². The molecule has 17 heavy (non-hydrogen) atoms. The minimum absolute atomic E-state index is 0.176. The number of carbonyl (C=O) groups excluding carboxylic acids is 1. The summed E-state index contributed by atoms with van der Waals surface area (Å²) in [6, 6.07) is 1.86. The van der Waals surface area contributed by atoms with Crippen LogP contribution in [-0.4, -0.2) is 16.9 Å². The van der Waals surface area contributed by atoms with Gasteiger partial charge in [-0.2, -0.15) is 5.26 Å². The molecule has 1 aromatic heterocycles. The van der Waals surface area contributed by atoms with Gasteiger partial charge in [0, 0.05) is 0 Å². The monoisotopic (exact) mass is 249 g/mol. The quantitative estimate of drug-likeness (QED) is 0.894. The van der Waals surface area contributed by atoms with Gasteiger partial charge < -0.3 is 5.32 Å². The SMILES string of the molecule is N#CC(NC(=O)c1cncs1)C1CCCCC1. The number of nitrogens with one attached hydrogen (secondary N) is 1. The second kappa shape index (κ2) is 5.78. The number of carbonyl (C=O) groups is 1. The smallest absolute Gasteiger partial charge is 0.264 e. The van der Waals surface area contributed by atoms with Crippen LogP contribution in [0.4, 0.5) is 0 Å². The molecular formula is C12H15N3OS. The lowest BCUT2D eigenvalue weighted by Crippen LogP contribution is -2.39. The van der Waals surface area contributed by atoms with Crippen LogP contribution in [0.1, 0.15) is 41.8 Å². The predicted octanol–water partition coefficient (Wildman–Crippen LogP) is 2.35. The van der Waals surface area contributed by atoms with E-state index in [4.69, 9.17) is 5.26 Å². The standard InChI is InChI=1S/C12H15N3OS/c13-6-10(9-4-2-1-3-5-9)15-12(16)11-7-14-8-17-11/h7-10H,1-5H2,(H,15,16). The number of aromatic nitrogens is 1. The second-order valence-electron chi connectivity index (χ2n) is 4.34. The van der Waals surface area contributed by atoms with Crippen molar-refractivity contribution in [1.82, 2.24) is 10.3 Å². The van der Waals surface area contributed by atoms with Crippen molar-refractivity contribution in [3.05, 3.63) is 16.6 Å². The number of nitriles is 1. The summed E-state index contributed by atoms with van der Waals surface area (Å²) in [5.41, 5.74) is 1.62. The van der Waals surface area contributed by atoms with Crippen molar-refractivity contribution in [2.45, 2.75) is 38.1 Å². The van der Waals surface area contributed by atoms with Gasteiger partial charge >= 0.3 is 0 Å². The zero-order valence-electron chi connectivity index (χ0n) is 9.56. The van der Waals surface area contributed by atoms with Crippen LogP contribution in [0.25, 0.3) is 0 Å². The Kier molecular flexibility index (Phi) is 4.10. The maximum Gasteiger partial charge on any atom is 0.264 e. The molecule has 5 heteroatoms. The van der Waals surface area contributed by atoms with Gasteiger partial charge in [-0.1, -0.05) is 19.3 Å². The fourth-order valence-electron chi connectivity index (χ4n) is 2.26. The lowest BCUT2D eigenvalue weighted by atomic mass is 9.84. The van der Waals surface area contributed by atoms with E-state index >= 15 is 0 Å². The lowest BCUT2D eigenvalue weighted by Gasteiger charge is -2.26. The highest BCUT2D eigenvalue weighted by Crippen LogP contribution is 2.26. The van der Waals surface area contributed by atoms with E-state index in [2.05, 4.69) is 16.4 Å². The van der Waals surface area contributed by atoms with Crippen molar-refractivity contribution >= 4 is 17.2 Å². The van der Waals surface area contributed by atoms with E-state index < -0.39 is 0 Å². The molecule has 1 heterocycles. The molecule has 0 aliphatic heterocycles. The fraction of sp³-hybridized carbons (Fsp3) is 0.583. The summed E-state index contributed by atoms with van der Waals surface area (Å²) in [5.74, 6) is 0.134. The molecule has 1 aliphatic rings. The summed E-state index contributed by atoms with van der Waals surface area (Å²) < 4.78 is 0. The van der Waals surface area contributed by atoms with Crippen molar-refractivity contribution in [3.63, 3.8) is 0 Å². The molecule has 1 aromatic rings. The van der Waals surface area contributed by atoms with Gasteiger partial charge in [0.1, 0.15) is 10.9 Å². The first kappa shape index (κ1) is 12.1. The molecule has 4 nitrogen and oxygen atoms in total. The molecule has 1 saturated carbocycles. The maximum atomic E-state index is 11.8. The number of nitrogens with zero attached hydrogens (tertiary/aromatic N) is 2. The number of hydrogen-bond acceptors (Lipinski definition) is 4. The molecule has 1 unspecified atom stereocenters. The highest BCUT2D eigenvalue weighted by Gasteiger charge is 2.25. The maximum absolute atomic E-state index is 11.8. The van der Waals surface area contributed by atoms with Gasteiger partial charge in [-0.15, -0.1) is 11.3 Å². The van der Waals surface area contributed by atoms with E-state index in [1.54, 1.807) is 5.51 Å². The summed E-state index contributed by atoms with van der Waals surface area (Å²) in [4.78, 5) is 16.3. The molecule has 2 rings (SSSR count). The van der Waals surface area contributed by atoms with Gasteiger partial charge in [-0.05, 0) is 18.8 Å². The third-order valence-electron chi connectivity index (χ3n) is 3.20. The van der Waals surface area contributed by atoms with Crippen LogP contribution in [0.5, 0.6) is 0 Å². The Hall–Kier alpha value is -1.41. The van der Waals surface area contributed by atoms with E-state index in [1.165, 1.54) is 36.8 Å². The van der Waals surface area contributed by atoms with Crippen LogP contribution in [0, 0.1) is 17.2 Å². The molecule has 1 aliphatic carbocycles. The van der Waals surface area contributed by atoms with E-state index in [9.17, 15) is 4.79 Å². The number of hydrogen-bond donors (Lipinski definition) is 1. The molecule has 1 N–H and O–H groups in total. The molecule has 1 amide bonds. The molecule has 0 aromatic carbocycles. The zero-order valence-corrected chi connectivity index (χ0v) is 10.4. The molecule has 0 saturated heterocycles. The fourth-order valence-corrected chi connectivity index (χ4v) is 2.79. The van der Waals surface area contributed by atoms with Gasteiger partial charge in [0.2, 0.25) is 0 Å². The number of rotatable bonds is 3. The minimum atomic E-state index is -0.357. The Morgan fingerprint density at radius 2 is 2.29 bits per heavy atom. The number of amides is 1. The number of thiazole rings is 1. The minimum Gasteiger partial charge on any atom is -0.335 e. The molecule has 0 spiro atoms. The Morgan fingerprint density at radius 3 is 2.88 bits per heavy atom. The summed E-state index contributed by atoms with van der Waals surface area (Å²) in [7, 11) is 0. The summed E-state index contributed by atoms with van der Waals surface area (Å²) in [5, 5.41) is 12.0. The molecular weight excluding hydrogens is 234 g/mol. The van der Waals surface area contributed by atoms with Gasteiger partial charge in [0.05, 0.1) is 17.8 Å². The lowest BCUT2D eigenvalue weighted by molar-refractivity contribution is 0.0933. The molecule has 1 atom stereocenters. The highest BCUT2D eigenvalue weighted by atomic mass is 32.1. The normalized spacial score (nSPS) is 18.3.